The average Bonchev–Trinajstić information content (AvgIpc) is 2.51. The van der Waals surface area contributed by atoms with Gasteiger partial charge in [-0.1, -0.05) is 24.3 Å². The van der Waals surface area contributed by atoms with Gasteiger partial charge in [-0.15, -0.1) is 0 Å². The second-order valence-corrected chi connectivity index (χ2v) is 4.89. The fraction of sp³-hybridized carbons (Fsp3) is 0.188. The Morgan fingerprint density at radius 3 is 2.05 bits per heavy atom. The summed E-state index contributed by atoms with van der Waals surface area (Å²) in [5, 5.41) is 1.47. The Kier molecular flexibility index (Phi) is 2.97. The SMILES string of the molecule is COC(=O)[C@@H](C)N1C(=O)c2cccc3cccc(c23)C1=O. The van der Waals surface area contributed by atoms with Crippen LogP contribution in [0.2, 0.25) is 0 Å². The highest BCUT2D eigenvalue weighted by Crippen LogP contribution is 2.30. The molecule has 5 nitrogen and oxygen atoms in total. The van der Waals surface area contributed by atoms with Crippen LogP contribution >= 0.6 is 0 Å². The monoisotopic (exact) mass is 283 g/mol. The van der Waals surface area contributed by atoms with Crippen molar-refractivity contribution in [1.29, 1.82) is 0 Å². The van der Waals surface area contributed by atoms with Crippen molar-refractivity contribution in [3.8, 4) is 0 Å². The second kappa shape index (κ2) is 4.70. The summed E-state index contributed by atoms with van der Waals surface area (Å²) in [4.78, 5) is 37.8. The van der Waals surface area contributed by atoms with Crippen molar-refractivity contribution in [1.82, 2.24) is 4.90 Å². The van der Waals surface area contributed by atoms with Crippen molar-refractivity contribution < 1.29 is 19.1 Å². The number of methoxy groups -OCH3 is 1. The van der Waals surface area contributed by atoms with Crippen LogP contribution in [0.3, 0.4) is 0 Å². The number of carbonyl (C=O) groups excluding carboxylic acids is 3. The molecule has 0 spiro atoms. The summed E-state index contributed by atoms with van der Waals surface area (Å²) in [5.41, 5.74) is 0.858. The lowest BCUT2D eigenvalue weighted by molar-refractivity contribution is -0.144. The van der Waals surface area contributed by atoms with Gasteiger partial charge in [0, 0.05) is 16.5 Å². The van der Waals surface area contributed by atoms with Gasteiger partial charge >= 0.3 is 5.97 Å². The summed E-state index contributed by atoms with van der Waals surface area (Å²) in [6, 6.07) is 9.59. The highest BCUT2D eigenvalue weighted by atomic mass is 16.5. The van der Waals surface area contributed by atoms with E-state index in [1.54, 1.807) is 24.3 Å². The van der Waals surface area contributed by atoms with Crippen LogP contribution in [-0.4, -0.2) is 35.8 Å². The Labute approximate surface area is 121 Å². The third kappa shape index (κ3) is 1.81. The zero-order valence-electron chi connectivity index (χ0n) is 11.6. The van der Waals surface area contributed by atoms with Crippen molar-refractivity contribution in [2.75, 3.05) is 7.11 Å². The number of esters is 1. The molecule has 2 aromatic rings. The van der Waals surface area contributed by atoms with Crippen molar-refractivity contribution in [3.63, 3.8) is 0 Å². The van der Waals surface area contributed by atoms with E-state index in [4.69, 9.17) is 0 Å². The van der Waals surface area contributed by atoms with E-state index in [0.29, 0.717) is 16.5 Å². The summed E-state index contributed by atoms with van der Waals surface area (Å²) < 4.78 is 4.64. The molecule has 1 atom stereocenters. The highest BCUT2D eigenvalue weighted by molar-refractivity contribution is 6.26. The zero-order chi connectivity index (χ0) is 15.1. The number of imide groups is 1. The van der Waals surface area contributed by atoms with Gasteiger partial charge in [0.15, 0.2) is 0 Å². The summed E-state index contributed by atoms with van der Waals surface area (Å²) in [6.07, 6.45) is 0. The minimum atomic E-state index is -0.960. The van der Waals surface area contributed by atoms with E-state index in [1.165, 1.54) is 14.0 Å². The third-order valence-corrected chi connectivity index (χ3v) is 3.73. The predicted molar refractivity (Wildman–Crippen MR) is 75.9 cm³/mol. The number of carbonyl (C=O) groups is 3. The van der Waals surface area contributed by atoms with Crippen LogP contribution in [0.1, 0.15) is 27.6 Å². The number of nitrogens with zero attached hydrogens (tertiary/aromatic N) is 1. The lowest BCUT2D eigenvalue weighted by atomic mass is 9.93. The van der Waals surface area contributed by atoms with E-state index in [1.807, 2.05) is 12.1 Å². The number of rotatable bonds is 2. The number of hydrogen-bond acceptors (Lipinski definition) is 4. The van der Waals surface area contributed by atoms with Crippen LogP contribution in [0.15, 0.2) is 36.4 Å². The summed E-state index contributed by atoms with van der Waals surface area (Å²) in [6.45, 7) is 1.48. The van der Waals surface area contributed by atoms with Gasteiger partial charge in [0.1, 0.15) is 6.04 Å². The van der Waals surface area contributed by atoms with Crippen LogP contribution in [-0.2, 0) is 9.53 Å². The van der Waals surface area contributed by atoms with Crippen molar-refractivity contribution in [2.24, 2.45) is 0 Å². The van der Waals surface area contributed by atoms with Gasteiger partial charge in [-0.25, -0.2) is 4.79 Å². The molecule has 0 fully saturated rings. The average molecular weight is 283 g/mol. The molecule has 1 aliphatic heterocycles. The van der Waals surface area contributed by atoms with E-state index < -0.39 is 23.8 Å². The maximum absolute atomic E-state index is 12.6. The quantitative estimate of drug-likeness (QED) is 0.624. The molecule has 5 heteroatoms. The number of ether oxygens (including phenoxy) is 1. The van der Waals surface area contributed by atoms with E-state index in [-0.39, 0.29) is 0 Å². The Bertz CT molecular complexity index is 730. The van der Waals surface area contributed by atoms with Crippen molar-refractivity contribution in [2.45, 2.75) is 13.0 Å². The minimum absolute atomic E-state index is 0.429. The van der Waals surface area contributed by atoms with Gasteiger partial charge in [-0.05, 0) is 24.4 Å². The Morgan fingerprint density at radius 1 is 1.05 bits per heavy atom. The van der Waals surface area contributed by atoms with E-state index in [9.17, 15) is 14.4 Å². The molecule has 1 heterocycles. The van der Waals surface area contributed by atoms with E-state index >= 15 is 0 Å². The fourth-order valence-corrected chi connectivity index (χ4v) is 2.68. The third-order valence-electron chi connectivity index (χ3n) is 3.73. The molecule has 106 valence electrons. The van der Waals surface area contributed by atoms with Crippen LogP contribution in [0.4, 0.5) is 0 Å². The molecule has 2 aromatic carbocycles. The Hall–Kier alpha value is -2.69. The normalized spacial score (nSPS) is 15.2. The first-order valence-corrected chi connectivity index (χ1v) is 6.53. The standard InChI is InChI=1S/C16H13NO4/c1-9(16(20)21-2)17-14(18)11-7-3-5-10-6-4-8-12(13(10)11)15(17)19/h3-9H,1-2H3/t9-/m1/s1. The van der Waals surface area contributed by atoms with Crippen molar-refractivity contribution in [3.05, 3.63) is 47.5 Å². The number of benzene rings is 2. The molecular weight excluding hydrogens is 270 g/mol. The molecule has 1 aliphatic rings. The zero-order valence-corrected chi connectivity index (χ0v) is 11.6. The molecule has 3 rings (SSSR count). The maximum atomic E-state index is 12.6. The topological polar surface area (TPSA) is 63.7 Å². The minimum Gasteiger partial charge on any atom is -0.467 e. The van der Waals surface area contributed by atoms with Crippen LogP contribution < -0.4 is 0 Å². The van der Waals surface area contributed by atoms with Gasteiger partial charge in [0.05, 0.1) is 7.11 Å². The summed E-state index contributed by atoms with van der Waals surface area (Å²) in [7, 11) is 1.23. The van der Waals surface area contributed by atoms with Crippen molar-refractivity contribution >= 4 is 28.6 Å². The first-order chi connectivity index (χ1) is 10.1. The van der Waals surface area contributed by atoms with Gasteiger partial charge < -0.3 is 4.74 Å². The number of amides is 2. The molecule has 0 aromatic heterocycles. The molecule has 0 radical (unpaired) electrons. The first-order valence-electron chi connectivity index (χ1n) is 6.53. The summed E-state index contributed by atoms with van der Waals surface area (Å²) >= 11 is 0. The Morgan fingerprint density at radius 2 is 1.57 bits per heavy atom. The highest BCUT2D eigenvalue weighted by Gasteiger charge is 2.38. The number of hydrogen-bond donors (Lipinski definition) is 0. The lowest BCUT2D eigenvalue weighted by Crippen LogP contribution is -2.49. The molecule has 0 aliphatic carbocycles. The van der Waals surface area contributed by atoms with Gasteiger partial charge in [-0.2, -0.15) is 0 Å². The van der Waals surface area contributed by atoms with Gasteiger partial charge in [0.25, 0.3) is 11.8 Å². The molecule has 21 heavy (non-hydrogen) atoms. The first kappa shape index (κ1) is 13.3. The van der Waals surface area contributed by atoms with Crippen LogP contribution in [0.5, 0.6) is 0 Å². The van der Waals surface area contributed by atoms with E-state index in [0.717, 1.165) is 10.3 Å². The van der Waals surface area contributed by atoms with Gasteiger partial charge in [0.2, 0.25) is 0 Å². The predicted octanol–water partition coefficient (Wildman–Crippen LogP) is 2.00. The molecular formula is C16H13NO4. The molecule has 0 saturated heterocycles. The van der Waals surface area contributed by atoms with Gasteiger partial charge in [-0.3, -0.25) is 14.5 Å². The molecule has 2 amide bonds. The Balaban J connectivity index is 2.22. The molecule has 0 unspecified atom stereocenters. The van der Waals surface area contributed by atoms with Crippen LogP contribution in [0.25, 0.3) is 10.8 Å². The largest absolute Gasteiger partial charge is 0.467 e. The molecule has 0 bridgehead atoms. The molecule has 0 N–H and O–H groups in total. The maximum Gasteiger partial charge on any atom is 0.328 e. The fourth-order valence-electron chi connectivity index (χ4n) is 2.68. The smallest absolute Gasteiger partial charge is 0.328 e. The lowest BCUT2D eigenvalue weighted by Gasteiger charge is -2.30. The summed E-state index contributed by atoms with van der Waals surface area (Å²) in [5.74, 6) is -1.56. The van der Waals surface area contributed by atoms with E-state index in [2.05, 4.69) is 4.74 Å². The molecule has 0 saturated carbocycles. The van der Waals surface area contributed by atoms with Crippen LogP contribution in [0, 0.1) is 0 Å². The second-order valence-electron chi connectivity index (χ2n) is 4.89.